The van der Waals surface area contributed by atoms with Crippen molar-refractivity contribution in [1.82, 2.24) is 15.3 Å². The molecule has 3 N–H and O–H groups in total. The van der Waals surface area contributed by atoms with Gasteiger partial charge in [-0.2, -0.15) is 13.2 Å². The van der Waals surface area contributed by atoms with Gasteiger partial charge in [-0.25, -0.2) is 14.4 Å². The highest BCUT2D eigenvalue weighted by Crippen LogP contribution is 2.33. The van der Waals surface area contributed by atoms with Crippen molar-refractivity contribution in [1.29, 1.82) is 5.41 Å². The number of hydrogen-bond acceptors (Lipinski definition) is 5. The molecule has 1 amide bonds. The molecule has 0 atom stereocenters. The zero-order valence-electron chi connectivity index (χ0n) is 17.6. The van der Waals surface area contributed by atoms with Gasteiger partial charge in [0, 0.05) is 23.7 Å². The minimum Gasteiger partial charge on any atom is -0.394 e. The van der Waals surface area contributed by atoms with E-state index in [1.54, 1.807) is 14.0 Å². The summed E-state index contributed by atoms with van der Waals surface area (Å²) in [4.78, 5) is 21.2. The van der Waals surface area contributed by atoms with Crippen LogP contribution < -0.4 is 10.6 Å². The van der Waals surface area contributed by atoms with Gasteiger partial charge in [-0.3, -0.25) is 4.79 Å². The smallest absolute Gasteiger partial charge is 0.394 e. The van der Waals surface area contributed by atoms with Crippen molar-refractivity contribution in [3.05, 3.63) is 89.3 Å². The Hall–Kier alpha value is -4.08. The van der Waals surface area contributed by atoms with Crippen molar-refractivity contribution in [2.75, 3.05) is 12.4 Å². The fraction of sp³-hybridized carbons (Fsp3) is 0.130. The molecule has 0 unspecified atom stereocenters. The Balaban J connectivity index is 1.99. The number of rotatable bonds is 6. The van der Waals surface area contributed by atoms with Gasteiger partial charge in [0.15, 0.2) is 0 Å². The standard InChI is InChI=1S/C23H19F4N5O/c1-13-30-12-20(21(31-13)14-3-6-16(24)7-4-14)32-22(33)15-5-8-18(23(25,26)27)17(11-15)19(28)9-10-29-2/h3-12,28-29H,1-2H3,(H,32,33)/b10-9-,28-19?. The number of aromatic nitrogens is 2. The number of benzene rings is 2. The highest BCUT2D eigenvalue weighted by atomic mass is 19.4. The third-order valence-corrected chi connectivity index (χ3v) is 4.57. The zero-order chi connectivity index (χ0) is 24.2. The minimum absolute atomic E-state index is 0.0914. The van der Waals surface area contributed by atoms with Crippen LogP contribution in [0.4, 0.5) is 23.2 Å². The maximum atomic E-state index is 13.4. The summed E-state index contributed by atoms with van der Waals surface area (Å²) in [5, 5.41) is 13.2. The molecule has 1 aromatic heterocycles. The van der Waals surface area contributed by atoms with Crippen molar-refractivity contribution < 1.29 is 22.4 Å². The summed E-state index contributed by atoms with van der Waals surface area (Å²) in [6.45, 7) is 1.64. The Labute approximate surface area is 186 Å². The Morgan fingerprint density at radius 1 is 1.12 bits per heavy atom. The van der Waals surface area contributed by atoms with Crippen molar-refractivity contribution >= 4 is 17.3 Å². The van der Waals surface area contributed by atoms with Crippen molar-refractivity contribution in [3.8, 4) is 11.3 Å². The molecule has 6 nitrogen and oxygen atoms in total. The first-order valence-corrected chi connectivity index (χ1v) is 9.65. The van der Waals surface area contributed by atoms with Crippen molar-refractivity contribution in [3.63, 3.8) is 0 Å². The Bertz CT molecular complexity index is 1220. The van der Waals surface area contributed by atoms with Gasteiger partial charge < -0.3 is 16.0 Å². The van der Waals surface area contributed by atoms with Crippen LogP contribution in [0.2, 0.25) is 0 Å². The maximum Gasteiger partial charge on any atom is 0.417 e. The summed E-state index contributed by atoms with van der Waals surface area (Å²) in [6, 6.07) is 8.25. The van der Waals surface area contributed by atoms with Crippen LogP contribution in [-0.4, -0.2) is 28.6 Å². The first-order chi connectivity index (χ1) is 15.6. The molecule has 0 fully saturated rings. The first-order valence-electron chi connectivity index (χ1n) is 9.65. The molecule has 0 saturated heterocycles. The largest absolute Gasteiger partial charge is 0.417 e. The van der Waals surface area contributed by atoms with E-state index in [1.165, 1.54) is 36.7 Å². The molecule has 0 aliphatic carbocycles. The lowest BCUT2D eigenvalue weighted by molar-refractivity contribution is -0.137. The van der Waals surface area contributed by atoms with E-state index in [9.17, 15) is 22.4 Å². The maximum absolute atomic E-state index is 13.4. The van der Waals surface area contributed by atoms with Gasteiger partial charge in [-0.15, -0.1) is 0 Å². The molecule has 170 valence electrons. The number of alkyl halides is 3. The summed E-state index contributed by atoms with van der Waals surface area (Å²) in [6.07, 6.45) is -0.868. The van der Waals surface area contributed by atoms with E-state index in [0.29, 0.717) is 17.1 Å². The molecule has 3 rings (SSSR count). The molecular formula is C23H19F4N5O. The Morgan fingerprint density at radius 3 is 2.45 bits per heavy atom. The number of amides is 1. The molecule has 0 bridgehead atoms. The lowest BCUT2D eigenvalue weighted by atomic mass is 9.98. The van der Waals surface area contributed by atoms with Crippen LogP contribution in [0.25, 0.3) is 11.3 Å². The third kappa shape index (κ3) is 5.59. The minimum atomic E-state index is -4.70. The fourth-order valence-electron chi connectivity index (χ4n) is 3.00. The van der Waals surface area contributed by atoms with E-state index in [1.807, 2.05) is 0 Å². The van der Waals surface area contributed by atoms with Gasteiger partial charge in [-0.1, -0.05) is 0 Å². The monoisotopic (exact) mass is 457 g/mol. The SMILES string of the molecule is CN/C=C\C(=N)c1cc(C(=O)Nc2cnc(C)nc2-c2ccc(F)cc2)ccc1C(F)(F)F. The molecule has 10 heteroatoms. The lowest BCUT2D eigenvalue weighted by Crippen LogP contribution is -2.17. The van der Waals surface area contributed by atoms with E-state index in [2.05, 4.69) is 20.6 Å². The quantitative estimate of drug-likeness (QED) is 0.360. The van der Waals surface area contributed by atoms with Crippen LogP contribution in [0.5, 0.6) is 0 Å². The van der Waals surface area contributed by atoms with Crippen LogP contribution in [-0.2, 0) is 6.18 Å². The first kappa shape index (κ1) is 23.6. The van der Waals surface area contributed by atoms with E-state index in [-0.39, 0.29) is 11.3 Å². The van der Waals surface area contributed by atoms with E-state index in [4.69, 9.17) is 5.41 Å². The summed E-state index contributed by atoms with van der Waals surface area (Å²) in [7, 11) is 1.54. The van der Waals surface area contributed by atoms with Gasteiger partial charge in [0.1, 0.15) is 11.6 Å². The summed E-state index contributed by atoms with van der Waals surface area (Å²) in [5.41, 5.74) is -0.944. The zero-order valence-corrected chi connectivity index (χ0v) is 17.6. The number of halogens is 4. The van der Waals surface area contributed by atoms with E-state index in [0.717, 1.165) is 24.3 Å². The average Bonchev–Trinajstić information content (AvgIpc) is 2.78. The predicted octanol–water partition coefficient (Wildman–Crippen LogP) is 4.96. The molecule has 0 spiro atoms. The summed E-state index contributed by atoms with van der Waals surface area (Å²) < 4.78 is 53.6. The molecule has 33 heavy (non-hydrogen) atoms. The number of anilines is 1. The third-order valence-electron chi connectivity index (χ3n) is 4.57. The molecule has 2 aromatic carbocycles. The molecular weight excluding hydrogens is 438 g/mol. The van der Waals surface area contributed by atoms with Gasteiger partial charge >= 0.3 is 6.18 Å². The number of nitrogens with one attached hydrogen (secondary N) is 3. The molecule has 0 aliphatic rings. The number of hydrogen-bond donors (Lipinski definition) is 3. The lowest BCUT2D eigenvalue weighted by Gasteiger charge is -2.15. The van der Waals surface area contributed by atoms with Gasteiger partial charge in [-0.05, 0) is 61.7 Å². The molecule has 1 heterocycles. The normalized spacial score (nSPS) is 11.5. The molecule has 0 aliphatic heterocycles. The average molecular weight is 457 g/mol. The summed E-state index contributed by atoms with van der Waals surface area (Å²) >= 11 is 0. The highest BCUT2D eigenvalue weighted by Gasteiger charge is 2.34. The second-order valence-corrected chi connectivity index (χ2v) is 6.93. The number of aryl methyl sites for hydroxylation is 1. The van der Waals surface area contributed by atoms with Crippen LogP contribution in [0.1, 0.15) is 27.3 Å². The van der Waals surface area contributed by atoms with Crippen LogP contribution >= 0.6 is 0 Å². The summed E-state index contributed by atoms with van der Waals surface area (Å²) in [5.74, 6) is -0.748. The second kappa shape index (κ2) is 9.60. The van der Waals surface area contributed by atoms with Crippen LogP contribution in [0.15, 0.2) is 60.9 Å². The highest BCUT2D eigenvalue weighted by molar-refractivity contribution is 6.11. The van der Waals surface area contributed by atoms with Gasteiger partial charge in [0.2, 0.25) is 0 Å². The fourth-order valence-corrected chi connectivity index (χ4v) is 3.00. The van der Waals surface area contributed by atoms with E-state index < -0.39 is 34.7 Å². The van der Waals surface area contributed by atoms with Gasteiger partial charge in [0.05, 0.1) is 28.9 Å². The second-order valence-electron chi connectivity index (χ2n) is 6.93. The molecule has 0 saturated carbocycles. The topological polar surface area (TPSA) is 90.8 Å². The predicted molar refractivity (Wildman–Crippen MR) is 117 cm³/mol. The van der Waals surface area contributed by atoms with Crippen molar-refractivity contribution in [2.45, 2.75) is 13.1 Å². The molecule has 3 aromatic rings. The number of carbonyl (C=O) groups excluding carboxylic acids is 1. The van der Waals surface area contributed by atoms with Crippen molar-refractivity contribution in [2.24, 2.45) is 0 Å². The van der Waals surface area contributed by atoms with E-state index >= 15 is 0 Å². The number of allylic oxidation sites excluding steroid dienone is 1. The van der Waals surface area contributed by atoms with Crippen LogP contribution in [0, 0.1) is 18.2 Å². The number of carbonyl (C=O) groups is 1. The van der Waals surface area contributed by atoms with Crippen LogP contribution in [0.3, 0.4) is 0 Å². The number of nitrogens with zero attached hydrogens (tertiary/aromatic N) is 2. The molecule has 0 radical (unpaired) electrons. The Morgan fingerprint density at radius 2 is 1.82 bits per heavy atom. The Kier molecular flexibility index (Phi) is 6.86. The van der Waals surface area contributed by atoms with Gasteiger partial charge in [0.25, 0.3) is 5.91 Å².